The molecule has 172 valence electrons. The molecule has 1 aliphatic carbocycles. The molecule has 0 unspecified atom stereocenters. The molecule has 0 bridgehead atoms. The third kappa shape index (κ3) is 4.27. The molecule has 1 atom stereocenters. The van der Waals surface area contributed by atoms with E-state index in [1.165, 1.54) is 6.20 Å². The van der Waals surface area contributed by atoms with E-state index in [-0.39, 0.29) is 30.3 Å². The van der Waals surface area contributed by atoms with Crippen molar-refractivity contribution in [3.8, 4) is 5.75 Å². The maximum Gasteiger partial charge on any atom is 0.418 e. The summed E-state index contributed by atoms with van der Waals surface area (Å²) < 4.78 is 43.9. The van der Waals surface area contributed by atoms with E-state index in [2.05, 4.69) is 25.6 Å². The van der Waals surface area contributed by atoms with Crippen LogP contribution in [0.1, 0.15) is 31.0 Å². The minimum Gasteiger partial charge on any atom is -0.490 e. The zero-order valence-corrected chi connectivity index (χ0v) is 17.8. The van der Waals surface area contributed by atoms with Crippen LogP contribution in [0, 0.1) is 6.92 Å². The van der Waals surface area contributed by atoms with Crippen LogP contribution < -0.4 is 26.0 Å². The van der Waals surface area contributed by atoms with Gasteiger partial charge in [0.25, 0.3) is 0 Å². The maximum atomic E-state index is 12.8. The fraction of sp³-hybridized carbons (Fsp3) is 0.500. The molecule has 9 nitrogen and oxygen atoms in total. The molecule has 0 radical (unpaired) electrons. The van der Waals surface area contributed by atoms with Crippen molar-refractivity contribution >= 4 is 23.4 Å². The van der Waals surface area contributed by atoms with Crippen LogP contribution in [0.5, 0.6) is 5.75 Å². The molecule has 4 rings (SSSR count). The number of aryl methyl sites for hydroxylation is 1. The van der Waals surface area contributed by atoms with Gasteiger partial charge in [0, 0.05) is 19.3 Å². The van der Waals surface area contributed by atoms with Crippen LogP contribution in [0.3, 0.4) is 0 Å². The molecule has 1 aliphatic heterocycles. The largest absolute Gasteiger partial charge is 0.490 e. The van der Waals surface area contributed by atoms with E-state index in [0.29, 0.717) is 36.0 Å². The molecule has 1 fully saturated rings. The van der Waals surface area contributed by atoms with Gasteiger partial charge in [-0.25, -0.2) is 4.98 Å². The number of amides is 1. The Morgan fingerprint density at radius 1 is 1.34 bits per heavy atom. The van der Waals surface area contributed by atoms with Gasteiger partial charge in [0.15, 0.2) is 5.82 Å². The first kappa shape index (κ1) is 22.1. The van der Waals surface area contributed by atoms with Gasteiger partial charge in [0.1, 0.15) is 24.1 Å². The lowest BCUT2D eigenvalue weighted by Gasteiger charge is -2.44. The molecule has 4 N–H and O–H groups in total. The summed E-state index contributed by atoms with van der Waals surface area (Å²) in [6.07, 6.45) is -1.45. The Kier molecular flexibility index (Phi) is 5.35. The molecular weight excluding hydrogens is 427 g/mol. The molecule has 2 aromatic heterocycles. The summed E-state index contributed by atoms with van der Waals surface area (Å²) >= 11 is 0. The van der Waals surface area contributed by atoms with E-state index in [1.54, 1.807) is 25.8 Å². The third-order valence-corrected chi connectivity index (χ3v) is 5.82. The number of hydrogen-bond acceptors (Lipinski definition) is 8. The highest BCUT2D eigenvalue weighted by atomic mass is 19.4. The Labute approximate surface area is 182 Å². The number of aromatic nitrogens is 3. The van der Waals surface area contributed by atoms with Crippen molar-refractivity contribution < 1.29 is 22.7 Å². The number of nitrogens with zero attached hydrogens (tertiary/aromatic N) is 4. The normalized spacial score (nSPS) is 25.0. The van der Waals surface area contributed by atoms with Gasteiger partial charge in [0.05, 0.1) is 23.0 Å². The highest BCUT2D eigenvalue weighted by Gasteiger charge is 2.42. The second-order valence-electron chi connectivity index (χ2n) is 8.41. The van der Waals surface area contributed by atoms with Crippen LogP contribution in [0.4, 0.5) is 30.6 Å². The Balaban J connectivity index is 1.36. The molecule has 32 heavy (non-hydrogen) atoms. The minimum absolute atomic E-state index is 0.0124. The maximum absolute atomic E-state index is 12.8. The Morgan fingerprint density at radius 3 is 2.75 bits per heavy atom. The van der Waals surface area contributed by atoms with Gasteiger partial charge < -0.3 is 26.0 Å². The first-order valence-corrected chi connectivity index (χ1v) is 10.1. The number of hydrogen-bond donors (Lipinski definition) is 3. The first-order chi connectivity index (χ1) is 14.9. The highest BCUT2D eigenvalue weighted by molar-refractivity contribution is 6.03. The Morgan fingerprint density at radius 2 is 2.06 bits per heavy atom. The molecular formula is C20H24F3N7O2. The number of alkyl halides is 3. The number of rotatable bonds is 5. The van der Waals surface area contributed by atoms with Gasteiger partial charge in [-0.15, -0.1) is 0 Å². The molecule has 1 saturated carbocycles. The molecule has 1 amide bonds. The monoisotopic (exact) mass is 451 g/mol. The minimum atomic E-state index is -4.49. The summed E-state index contributed by atoms with van der Waals surface area (Å²) in [6.45, 7) is 3.64. The SMILES string of the molecule is Cc1nc(NC2CC(N)(COc3cncc(C(F)(F)F)c3)C2)nc2c1NC(=O)[C@H](C)N2C. The number of nitrogens with two attached hydrogens (primary N) is 1. The van der Waals surface area contributed by atoms with Crippen LogP contribution >= 0.6 is 0 Å². The number of likely N-dealkylation sites (N-methyl/N-ethyl adjacent to an activating group) is 1. The van der Waals surface area contributed by atoms with Crippen molar-refractivity contribution in [3.05, 3.63) is 29.7 Å². The average Bonchev–Trinajstić information content (AvgIpc) is 2.70. The number of halogens is 3. The molecule has 2 aliphatic rings. The van der Waals surface area contributed by atoms with Crippen molar-refractivity contribution in [2.75, 3.05) is 29.2 Å². The number of pyridine rings is 1. The fourth-order valence-electron chi connectivity index (χ4n) is 3.81. The second kappa shape index (κ2) is 7.76. The van der Waals surface area contributed by atoms with Crippen LogP contribution in [0.15, 0.2) is 18.5 Å². The summed E-state index contributed by atoms with van der Waals surface area (Å²) in [6, 6.07) is 0.541. The molecule has 12 heteroatoms. The fourth-order valence-corrected chi connectivity index (χ4v) is 3.81. The zero-order chi connectivity index (χ0) is 23.3. The van der Waals surface area contributed by atoms with Gasteiger partial charge in [-0.3, -0.25) is 9.78 Å². The van der Waals surface area contributed by atoms with Crippen molar-refractivity contribution in [2.45, 2.75) is 50.5 Å². The van der Waals surface area contributed by atoms with Gasteiger partial charge in [-0.05, 0) is 32.8 Å². The summed E-state index contributed by atoms with van der Waals surface area (Å²) in [5.74, 6) is 0.960. The van der Waals surface area contributed by atoms with E-state index in [0.717, 1.165) is 12.3 Å². The quantitative estimate of drug-likeness (QED) is 0.634. The smallest absolute Gasteiger partial charge is 0.418 e. The number of fused-ring (bicyclic) bond motifs is 1. The van der Waals surface area contributed by atoms with Crippen LogP contribution in [0.25, 0.3) is 0 Å². The molecule has 0 spiro atoms. The summed E-state index contributed by atoms with van der Waals surface area (Å²) in [4.78, 5) is 26.4. The van der Waals surface area contributed by atoms with E-state index < -0.39 is 17.3 Å². The van der Waals surface area contributed by atoms with E-state index in [9.17, 15) is 18.0 Å². The standard InChI is InChI=1S/C20H24F3N7O2/c1-10-15-16(30(3)11(2)17(31)28-15)29-18(26-10)27-13-5-19(24,6-13)9-32-14-4-12(7-25-8-14)20(21,22)23/h4,7-8,11,13H,5-6,9,24H2,1-3H3,(H,28,31)(H,26,27,29)/t11-,13?,19?/m0/s1. The summed E-state index contributed by atoms with van der Waals surface area (Å²) in [7, 11) is 1.80. The van der Waals surface area contributed by atoms with Crippen LogP contribution in [-0.2, 0) is 11.0 Å². The van der Waals surface area contributed by atoms with Gasteiger partial charge in [0.2, 0.25) is 11.9 Å². The first-order valence-electron chi connectivity index (χ1n) is 10.1. The number of carbonyl (C=O) groups is 1. The predicted molar refractivity (Wildman–Crippen MR) is 112 cm³/mol. The van der Waals surface area contributed by atoms with Crippen LogP contribution in [0.2, 0.25) is 0 Å². The molecule has 0 saturated heterocycles. The van der Waals surface area contributed by atoms with E-state index in [4.69, 9.17) is 10.5 Å². The number of nitrogens with one attached hydrogen (secondary N) is 2. The lowest BCUT2D eigenvalue weighted by Crippen LogP contribution is -2.60. The summed E-state index contributed by atoms with van der Waals surface area (Å²) in [5, 5.41) is 6.07. The molecule has 3 heterocycles. The Hall–Kier alpha value is -3.15. The lowest BCUT2D eigenvalue weighted by molar-refractivity contribution is -0.138. The zero-order valence-electron chi connectivity index (χ0n) is 17.8. The number of anilines is 3. The highest BCUT2D eigenvalue weighted by Crippen LogP contribution is 2.36. The second-order valence-corrected chi connectivity index (χ2v) is 8.41. The van der Waals surface area contributed by atoms with Crippen molar-refractivity contribution in [3.63, 3.8) is 0 Å². The number of ether oxygens (including phenoxy) is 1. The lowest BCUT2D eigenvalue weighted by atomic mass is 9.74. The summed E-state index contributed by atoms with van der Waals surface area (Å²) in [5.41, 5.74) is 5.98. The van der Waals surface area contributed by atoms with Gasteiger partial charge >= 0.3 is 6.18 Å². The predicted octanol–water partition coefficient (Wildman–Crippen LogP) is 2.33. The Bertz CT molecular complexity index is 1040. The van der Waals surface area contributed by atoms with Crippen molar-refractivity contribution in [1.82, 2.24) is 15.0 Å². The van der Waals surface area contributed by atoms with Gasteiger partial charge in [-0.1, -0.05) is 0 Å². The number of carbonyl (C=O) groups excluding carboxylic acids is 1. The van der Waals surface area contributed by atoms with Gasteiger partial charge in [-0.2, -0.15) is 18.2 Å². The topological polar surface area (TPSA) is 118 Å². The molecule has 2 aromatic rings. The third-order valence-electron chi connectivity index (χ3n) is 5.82. The van der Waals surface area contributed by atoms with E-state index in [1.807, 2.05) is 0 Å². The van der Waals surface area contributed by atoms with Crippen molar-refractivity contribution in [1.29, 1.82) is 0 Å². The molecule has 0 aromatic carbocycles. The van der Waals surface area contributed by atoms with Crippen molar-refractivity contribution in [2.24, 2.45) is 5.73 Å². The van der Waals surface area contributed by atoms with Crippen LogP contribution in [-0.4, -0.2) is 52.1 Å². The van der Waals surface area contributed by atoms with E-state index >= 15 is 0 Å². The average molecular weight is 451 g/mol.